The van der Waals surface area contributed by atoms with Crippen molar-refractivity contribution in [1.82, 2.24) is 10.2 Å². The molecule has 0 bridgehead atoms. The van der Waals surface area contributed by atoms with Crippen LogP contribution in [-0.2, 0) is 6.54 Å². The highest BCUT2D eigenvalue weighted by Crippen LogP contribution is 2.10. The van der Waals surface area contributed by atoms with E-state index >= 15 is 0 Å². The fraction of sp³-hybridized carbons (Fsp3) is 0.562. The van der Waals surface area contributed by atoms with Crippen molar-refractivity contribution < 1.29 is 0 Å². The molecule has 1 rings (SSSR count). The van der Waals surface area contributed by atoms with Crippen LogP contribution in [0.25, 0.3) is 0 Å². The lowest BCUT2D eigenvalue weighted by Crippen LogP contribution is -2.38. The first kappa shape index (κ1) is 15.7. The SMILES string of the molecule is CC(C)CC(CNCc1ccccc1C#N)N(C)C. The highest BCUT2D eigenvalue weighted by molar-refractivity contribution is 5.37. The van der Waals surface area contributed by atoms with Gasteiger partial charge in [0.25, 0.3) is 0 Å². The summed E-state index contributed by atoms with van der Waals surface area (Å²) in [5, 5.41) is 12.5. The van der Waals surface area contributed by atoms with Crippen molar-refractivity contribution in [3.05, 3.63) is 35.4 Å². The third-order valence-electron chi connectivity index (χ3n) is 3.31. The van der Waals surface area contributed by atoms with E-state index in [2.05, 4.69) is 44.2 Å². The topological polar surface area (TPSA) is 39.1 Å². The van der Waals surface area contributed by atoms with Gasteiger partial charge in [-0.1, -0.05) is 32.0 Å². The number of nitrogens with one attached hydrogen (secondary N) is 1. The molecular weight excluding hydrogens is 234 g/mol. The molecule has 0 saturated heterocycles. The molecule has 0 aliphatic rings. The van der Waals surface area contributed by atoms with Gasteiger partial charge in [0.15, 0.2) is 0 Å². The molecule has 0 aliphatic heterocycles. The summed E-state index contributed by atoms with van der Waals surface area (Å²) in [5.41, 5.74) is 1.84. The largest absolute Gasteiger partial charge is 0.311 e. The molecule has 0 amide bonds. The van der Waals surface area contributed by atoms with Gasteiger partial charge in [-0.2, -0.15) is 5.26 Å². The van der Waals surface area contributed by atoms with Crippen molar-refractivity contribution in [2.45, 2.75) is 32.9 Å². The number of likely N-dealkylation sites (N-methyl/N-ethyl adjacent to an activating group) is 1. The van der Waals surface area contributed by atoms with E-state index in [1.807, 2.05) is 24.3 Å². The normalized spacial score (nSPS) is 12.7. The number of benzene rings is 1. The molecular formula is C16H25N3. The average molecular weight is 259 g/mol. The Hall–Kier alpha value is -1.37. The Morgan fingerprint density at radius 2 is 1.95 bits per heavy atom. The third-order valence-corrected chi connectivity index (χ3v) is 3.31. The van der Waals surface area contributed by atoms with Gasteiger partial charge in [-0.05, 0) is 38.1 Å². The van der Waals surface area contributed by atoms with Gasteiger partial charge in [-0.3, -0.25) is 0 Å². The van der Waals surface area contributed by atoms with Crippen molar-refractivity contribution in [3.8, 4) is 6.07 Å². The predicted octanol–water partition coefficient (Wildman–Crippen LogP) is 2.62. The highest BCUT2D eigenvalue weighted by Gasteiger charge is 2.12. The van der Waals surface area contributed by atoms with Crippen LogP contribution in [0.1, 0.15) is 31.4 Å². The Morgan fingerprint density at radius 1 is 1.26 bits per heavy atom. The number of hydrogen-bond acceptors (Lipinski definition) is 3. The maximum absolute atomic E-state index is 9.05. The molecule has 1 aromatic carbocycles. The van der Waals surface area contributed by atoms with Crippen molar-refractivity contribution in [3.63, 3.8) is 0 Å². The zero-order valence-corrected chi connectivity index (χ0v) is 12.5. The van der Waals surface area contributed by atoms with Crippen LogP contribution >= 0.6 is 0 Å². The van der Waals surface area contributed by atoms with E-state index < -0.39 is 0 Å². The molecule has 0 heterocycles. The summed E-state index contributed by atoms with van der Waals surface area (Å²) in [6.45, 7) is 6.21. The summed E-state index contributed by atoms with van der Waals surface area (Å²) in [6, 6.07) is 10.5. The van der Waals surface area contributed by atoms with E-state index in [4.69, 9.17) is 5.26 Å². The van der Waals surface area contributed by atoms with Crippen molar-refractivity contribution >= 4 is 0 Å². The molecule has 0 spiro atoms. The minimum Gasteiger partial charge on any atom is -0.311 e. The maximum Gasteiger partial charge on any atom is 0.0995 e. The molecule has 0 aliphatic carbocycles. The van der Waals surface area contributed by atoms with E-state index in [1.54, 1.807) is 0 Å². The van der Waals surface area contributed by atoms with Crippen LogP contribution in [-0.4, -0.2) is 31.6 Å². The molecule has 3 heteroatoms. The summed E-state index contributed by atoms with van der Waals surface area (Å²) in [5.74, 6) is 0.695. The predicted molar refractivity (Wildman–Crippen MR) is 79.8 cm³/mol. The second-order valence-electron chi connectivity index (χ2n) is 5.65. The van der Waals surface area contributed by atoms with E-state index in [0.717, 1.165) is 24.2 Å². The van der Waals surface area contributed by atoms with Gasteiger partial charge >= 0.3 is 0 Å². The lowest BCUT2D eigenvalue weighted by molar-refractivity contribution is 0.246. The summed E-state index contributed by atoms with van der Waals surface area (Å²) < 4.78 is 0. The Kier molecular flexibility index (Phi) is 6.55. The van der Waals surface area contributed by atoms with Crippen LogP contribution in [0.5, 0.6) is 0 Å². The highest BCUT2D eigenvalue weighted by atomic mass is 15.1. The van der Waals surface area contributed by atoms with Gasteiger partial charge in [0.1, 0.15) is 0 Å². The first-order chi connectivity index (χ1) is 9.04. The monoisotopic (exact) mass is 259 g/mol. The Balaban J connectivity index is 2.50. The van der Waals surface area contributed by atoms with Crippen molar-refractivity contribution in [1.29, 1.82) is 5.26 Å². The van der Waals surface area contributed by atoms with Gasteiger partial charge < -0.3 is 10.2 Å². The van der Waals surface area contributed by atoms with Gasteiger partial charge in [0.2, 0.25) is 0 Å². The molecule has 3 nitrogen and oxygen atoms in total. The average Bonchev–Trinajstić information content (AvgIpc) is 2.37. The number of nitriles is 1. The fourth-order valence-corrected chi connectivity index (χ4v) is 2.18. The second kappa shape index (κ2) is 7.93. The quantitative estimate of drug-likeness (QED) is 0.818. The standard InChI is InChI=1S/C16H25N3/c1-13(2)9-16(19(3)4)12-18-11-15-8-6-5-7-14(15)10-17/h5-8,13,16,18H,9,11-12H2,1-4H3. The number of nitrogens with zero attached hydrogens (tertiary/aromatic N) is 2. The molecule has 1 aromatic rings. The van der Waals surface area contributed by atoms with Crippen molar-refractivity contribution in [2.24, 2.45) is 5.92 Å². The van der Waals surface area contributed by atoms with E-state index in [-0.39, 0.29) is 0 Å². The Labute approximate surface area is 117 Å². The molecule has 0 radical (unpaired) electrons. The molecule has 104 valence electrons. The number of rotatable bonds is 7. The maximum atomic E-state index is 9.05. The van der Waals surface area contributed by atoms with Gasteiger partial charge in [-0.25, -0.2) is 0 Å². The fourth-order valence-electron chi connectivity index (χ4n) is 2.18. The lowest BCUT2D eigenvalue weighted by atomic mass is 10.0. The first-order valence-electron chi connectivity index (χ1n) is 6.89. The Bertz CT molecular complexity index is 418. The summed E-state index contributed by atoms with van der Waals surface area (Å²) in [4.78, 5) is 2.27. The lowest BCUT2D eigenvalue weighted by Gasteiger charge is -2.26. The summed E-state index contributed by atoms with van der Waals surface area (Å²) in [6.07, 6.45) is 1.18. The molecule has 0 aromatic heterocycles. The summed E-state index contributed by atoms with van der Waals surface area (Å²) in [7, 11) is 4.25. The van der Waals surface area contributed by atoms with Crippen LogP contribution in [0.2, 0.25) is 0 Å². The van der Waals surface area contributed by atoms with Crippen LogP contribution in [0.15, 0.2) is 24.3 Å². The van der Waals surface area contributed by atoms with E-state index in [1.165, 1.54) is 6.42 Å². The van der Waals surface area contributed by atoms with Gasteiger partial charge in [-0.15, -0.1) is 0 Å². The van der Waals surface area contributed by atoms with Crippen LogP contribution in [0.3, 0.4) is 0 Å². The van der Waals surface area contributed by atoms with Crippen molar-refractivity contribution in [2.75, 3.05) is 20.6 Å². The van der Waals surface area contributed by atoms with E-state index in [0.29, 0.717) is 12.0 Å². The third kappa shape index (κ3) is 5.42. The van der Waals surface area contributed by atoms with Crippen LogP contribution in [0.4, 0.5) is 0 Å². The molecule has 1 atom stereocenters. The molecule has 0 fully saturated rings. The number of hydrogen-bond donors (Lipinski definition) is 1. The second-order valence-corrected chi connectivity index (χ2v) is 5.65. The molecule has 0 saturated carbocycles. The van der Waals surface area contributed by atoms with Crippen LogP contribution < -0.4 is 5.32 Å². The molecule has 19 heavy (non-hydrogen) atoms. The zero-order valence-electron chi connectivity index (χ0n) is 12.5. The molecule has 1 unspecified atom stereocenters. The minimum atomic E-state index is 0.536. The smallest absolute Gasteiger partial charge is 0.0995 e. The first-order valence-corrected chi connectivity index (χ1v) is 6.89. The molecule has 1 N–H and O–H groups in total. The van der Waals surface area contributed by atoms with Gasteiger partial charge in [0, 0.05) is 19.1 Å². The minimum absolute atomic E-state index is 0.536. The van der Waals surface area contributed by atoms with Crippen LogP contribution in [0, 0.1) is 17.2 Å². The van der Waals surface area contributed by atoms with Gasteiger partial charge in [0.05, 0.1) is 11.6 Å². The Morgan fingerprint density at radius 3 is 2.53 bits per heavy atom. The van der Waals surface area contributed by atoms with E-state index in [9.17, 15) is 0 Å². The zero-order chi connectivity index (χ0) is 14.3. The summed E-state index contributed by atoms with van der Waals surface area (Å²) >= 11 is 0.